The van der Waals surface area contributed by atoms with Gasteiger partial charge in [0.05, 0.1) is 22.0 Å². The molecule has 0 aliphatic rings. The van der Waals surface area contributed by atoms with E-state index in [2.05, 4.69) is 10.2 Å². The number of hydrogen-bond donors (Lipinski definition) is 0. The minimum absolute atomic E-state index is 0.114. The van der Waals surface area contributed by atoms with Crippen molar-refractivity contribution in [3.8, 4) is 11.4 Å². The molecule has 0 radical (unpaired) electrons. The lowest BCUT2D eigenvalue weighted by Crippen LogP contribution is -2.09. The average Bonchev–Trinajstić information content (AvgIpc) is 3.15. The van der Waals surface area contributed by atoms with E-state index in [1.807, 2.05) is 0 Å². The van der Waals surface area contributed by atoms with Gasteiger partial charge in [0.15, 0.2) is 5.69 Å². The number of benzene rings is 1. The molecule has 1 aromatic carbocycles. The van der Waals surface area contributed by atoms with Crippen molar-refractivity contribution in [3.63, 3.8) is 0 Å². The summed E-state index contributed by atoms with van der Waals surface area (Å²) < 4.78 is 40.6. The van der Waals surface area contributed by atoms with Gasteiger partial charge in [0.1, 0.15) is 0 Å². The molecule has 0 saturated heterocycles. The van der Waals surface area contributed by atoms with Gasteiger partial charge in [0.2, 0.25) is 0 Å². The molecule has 2 aromatic heterocycles. The van der Waals surface area contributed by atoms with Crippen molar-refractivity contribution >= 4 is 5.69 Å². The highest BCUT2D eigenvalue weighted by atomic mass is 19.4. The number of aromatic nitrogens is 4. The molecule has 0 fully saturated rings. The van der Waals surface area contributed by atoms with Gasteiger partial charge >= 0.3 is 6.18 Å². The Morgan fingerprint density at radius 3 is 2.25 bits per heavy atom. The number of nitro groups is 1. The minimum atomic E-state index is -4.60. The molecular formula is C14H10F3N5O2. The van der Waals surface area contributed by atoms with E-state index in [-0.39, 0.29) is 11.4 Å². The van der Waals surface area contributed by atoms with E-state index in [0.29, 0.717) is 11.4 Å². The fourth-order valence-corrected chi connectivity index (χ4v) is 2.16. The summed E-state index contributed by atoms with van der Waals surface area (Å²) >= 11 is 0. The van der Waals surface area contributed by atoms with Crippen LogP contribution in [0.1, 0.15) is 11.4 Å². The van der Waals surface area contributed by atoms with Gasteiger partial charge in [-0.1, -0.05) is 0 Å². The third-order valence-electron chi connectivity index (χ3n) is 3.27. The maximum Gasteiger partial charge on any atom is 0.435 e. The van der Waals surface area contributed by atoms with Crippen LogP contribution in [0.5, 0.6) is 0 Å². The molecule has 0 spiro atoms. The van der Waals surface area contributed by atoms with E-state index in [1.165, 1.54) is 16.8 Å². The molecule has 0 amide bonds. The lowest BCUT2D eigenvalue weighted by molar-refractivity contribution is -0.384. The second-order valence-electron chi connectivity index (χ2n) is 4.98. The molecule has 0 aliphatic heterocycles. The average molecular weight is 337 g/mol. The Balaban J connectivity index is 2.18. The highest BCUT2D eigenvalue weighted by Crippen LogP contribution is 2.29. The number of non-ortho nitro benzene ring substituents is 1. The van der Waals surface area contributed by atoms with Gasteiger partial charge in [-0.25, -0.2) is 9.36 Å². The summed E-state index contributed by atoms with van der Waals surface area (Å²) in [4.78, 5) is 10.3. The first kappa shape index (κ1) is 15.7. The van der Waals surface area contributed by atoms with Crippen LogP contribution in [0.2, 0.25) is 0 Å². The van der Waals surface area contributed by atoms with E-state index in [9.17, 15) is 23.3 Å². The van der Waals surface area contributed by atoms with Gasteiger partial charge < -0.3 is 0 Å². The summed E-state index contributed by atoms with van der Waals surface area (Å²) in [5, 5.41) is 18.6. The third kappa shape index (κ3) is 2.85. The summed E-state index contributed by atoms with van der Waals surface area (Å²) in [6.45, 7) is 1.75. The predicted octanol–water partition coefficient (Wildman–Crippen LogP) is 3.29. The number of nitro benzene ring substituents is 1. The number of aryl methyl sites for hydroxylation is 1. The minimum Gasteiger partial charge on any atom is -0.258 e. The van der Waals surface area contributed by atoms with E-state index < -0.39 is 16.8 Å². The monoisotopic (exact) mass is 337 g/mol. The molecule has 0 bridgehead atoms. The molecule has 0 atom stereocenters. The molecule has 7 nitrogen and oxygen atoms in total. The highest BCUT2D eigenvalue weighted by molar-refractivity contribution is 5.57. The maximum atomic E-state index is 12.7. The molecule has 0 saturated carbocycles. The summed E-state index contributed by atoms with van der Waals surface area (Å²) in [6.07, 6.45) is -1.90. The first-order valence-electron chi connectivity index (χ1n) is 6.70. The van der Waals surface area contributed by atoms with Crippen LogP contribution in [-0.4, -0.2) is 24.5 Å². The van der Waals surface area contributed by atoms with Crippen molar-refractivity contribution in [3.05, 3.63) is 64.2 Å². The largest absolute Gasteiger partial charge is 0.435 e. The number of nitrogens with zero attached hydrogens (tertiary/aromatic N) is 5. The van der Waals surface area contributed by atoms with E-state index >= 15 is 0 Å². The van der Waals surface area contributed by atoms with Crippen LogP contribution >= 0.6 is 0 Å². The van der Waals surface area contributed by atoms with Gasteiger partial charge in [-0.05, 0) is 25.1 Å². The summed E-state index contributed by atoms with van der Waals surface area (Å²) in [7, 11) is 0. The van der Waals surface area contributed by atoms with Crippen LogP contribution in [-0.2, 0) is 6.18 Å². The normalized spacial score (nSPS) is 11.7. The second-order valence-corrected chi connectivity index (χ2v) is 4.98. The van der Waals surface area contributed by atoms with Gasteiger partial charge in [-0.15, -0.1) is 0 Å². The van der Waals surface area contributed by atoms with E-state index in [1.54, 1.807) is 19.2 Å². The SMILES string of the molecule is Cc1ccn(-c2ccc([N+](=O)[O-])cc2-n2ccc(C(F)(F)F)n2)n1. The number of alkyl halides is 3. The van der Waals surface area contributed by atoms with Crippen LogP contribution in [0.15, 0.2) is 42.7 Å². The molecule has 3 aromatic rings. The summed E-state index contributed by atoms with van der Waals surface area (Å²) in [5.74, 6) is 0. The van der Waals surface area contributed by atoms with Crippen LogP contribution in [0, 0.1) is 17.0 Å². The van der Waals surface area contributed by atoms with Crippen LogP contribution < -0.4 is 0 Å². The van der Waals surface area contributed by atoms with Crippen molar-refractivity contribution in [1.29, 1.82) is 0 Å². The first-order valence-corrected chi connectivity index (χ1v) is 6.70. The second kappa shape index (κ2) is 5.48. The van der Waals surface area contributed by atoms with Gasteiger partial charge in [-0.3, -0.25) is 10.1 Å². The number of halogens is 3. The molecule has 3 rings (SSSR count). The molecule has 0 unspecified atom stereocenters. The number of hydrogen-bond acceptors (Lipinski definition) is 4. The first-order chi connectivity index (χ1) is 11.3. The Kier molecular flexibility index (Phi) is 3.59. The number of rotatable bonds is 3. The Morgan fingerprint density at radius 1 is 1.04 bits per heavy atom. The van der Waals surface area contributed by atoms with Crippen molar-refractivity contribution in [1.82, 2.24) is 19.6 Å². The molecule has 10 heteroatoms. The molecule has 0 aliphatic carbocycles. The molecular weight excluding hydrogens is 327 g/mol. The van der Waals surface area contributed by atoms with Crippen molar-refractivity contribution in [2.24, 2.45) is 0 Å². The van der Waals surface area contributed by atoms with Gasteiger partial charge in [-0.2, -0.15) is 23.4 Å². The molecule has 124 valence electrons. The van der Waals surface area contributed by atoms with Crippen molar-refractivity contribution in [2.45, 2.75) is 13.1 Å². The van der Waals surface area contributed by atoms with Crippen LogP contribution in [0.25, 0.3) is 11.4 Å². The maximum absolute atomic E-state index is 12.7. The zero-order valence-electron chi connectivity index (χ0n) is 12.2. The van der Waals surface area contributed by atoms with Crippen LogP contribution in [0.3, 0.4) is 0 Å². The zero-order chi connectivity index (χ0) is 17.5. The zero-order valence-corrected chi connectivity index (χ0v) is 12.2. The Labute approximate surface area is 133 Å². The molecule has 24 heavy (non-hydrogen) atoms. The lowest BCUT2D eigenvalue weighted by atomic mass is 10.2. The van der Waals surface area contributed by atoms with E-state index in [4.69, 9.17) is 0 Å². The van der Waals surface area contributed by atoms with Crippen LogP contribution in [0.4, 0.5) is 18.9 Å². The van der Waals surface area contributed by atoms with E-state index in [0.717, 1.165) is 23.0 Å². The quantitative estimate of drug-likeness (QED) is 0.543. The fourth-order valence-electron chi connectivity index (χ4n) is 2.16. The lowest BCUT2D eigenvalue weighted by Gasteiger charge is -2.10. The van der Waals surface area contributed by atoms with Crippen molar-refractivity contribution in [2.75, 3.05) is 0 Å². The summed E-state index contributed by atoms with van der Waals surface area (Å²) in [5.41, 5.74) is -0.178. The predicted molar refractivity (Wildman–Crippen MR) is 77.1 cm³/mol. The standard InChI is InChI=1S/C14H10F3N5O2/c1-9-4-6-20(18-9)11-3-2-10(22(23)24)8-12(11)21-7-5-13(19-21)14(15,16)17/h2-8H,1H3. The van der Waals surface area contributed by atoms with Gasteiger partial charge in [0, 0.05) is 24.5 Å². The fraction of sp³-hybridized carbons (Fsp3) is 0.143. The molecule has 0 N–H and O–H groups in total. The van der Waals surface area contributed by atoms with Gasteiger partial charge in [0.25, 0.3) is 5.69 Å². The Bertz CT molecular complexity index is 913. The highest BCUT2D eigenvalue weighted by Gasteiger charge is 2.34. The third-order valence-corrected chi connectivity index (χ3v) is 3.27. The Hall–Kier alpha value is -3.17. The topological polar surface area (TPSA) is 78.8 Å². The molecule has 2 heterocycles. The smallest absolute Gasteiger partial charge is 0.258 e. The Morgan fingerprint density at radius 2 is 1.71 bits per heavy atom. The van der Waals surface area contributed by atoms with Crippen molar-refractivity contribution < 1.29 is 18.1 Å². The summed E-state index contributed by atoms with van der Waals surface area (Å²) in [6, 6.07) is 6.32.